The molecule has 0 fully saturated rings. The van der Waals surface area contributed by atoms with Crippen molar-refractivity contribution in [2.75, 3.05) is 9.71 Å². The van der Waals surface area contributed by atoms with Crippen molar-refractivity contribution in [2.45, 2.75) is 50.7 Å². The van der Waals surface area contributed by atoms with Gasteiger partial charge in [-0.1, -0.05) is 125 Å². The number of benzene rings is 6. The molecule has 4 heteroatoms. The quantitative estimate of drug-likeness (QED) is 0.158. The van der Waals surface area contributed by atoms with Gasteiger partial charge in [0.05, 0.1) is 11.7 Å². The lowest BCUT2D eigenvalue weighted by atomic mass is 9.42. The maximum absolute atomic E-state index is 6.89. The predicted molar refractivity (Wildman–Crippen MR) is 196 cm³/mol. The van der Waals surface area contributed by atoms with Crippen molar-refractivity contribution < 1.29 is 4.74 Å². The van der Waals surface area contributed by atoms with Crippen molar-refractivity contribution >= 4 is 40.5 Å². The fourth-order valence-electron chi connectivity index (χ4n) is 10.8. The molecule has 0 aromatic heterocycles. The minimum absolute atomic E-state index is 0.0388. The molecule has 0 N–H and O–H groups in total. The van der Waals surface area contributed by atoms with Gasteiger partial charge in [0, 0.05) is 44.6 Å². The van der Waals surface area contributed by atoms with E-state index in [1.807, 2.05) is 0 Å². The SMILES string of the molecule is CC1(C)c2ccccc2N2c3cc4c(c5c3B(c3cccc1c32)N1c2c-5cccc2C2Oc3ccccc3C21)C(C)(C)c1ccccc1-4. The van der Waals surface area contributed by atoms with Crippen molar-refractivity contribution in [3.63, 3.8) is 0 Å². The average Bonchev–Trinajstić information content (AvgIpc) is 3.71. The van der Waals surface area contributed by atoms with Crippen molar-refractivity contribution in [3.8, 4) is 28.0 Å². The van der Waals surface area contributed by atoms with Crippen LogP contribution in [0.2, 0.25) is 0 Å². The van der Waals surface area contributed by atoms with Gasteiger partial charge in [-0.2, -0.15) is 0 Å². The topological polar surface area (TPSA) is 15.7 Å². The number of hydrogen-bond donors (Lipinski definition) is 0. The third kappa shape index (κ3) is 2.66. The van der Waals surface area contributed by atoms with Gasteiger partial charge in [0.15, 0.2) is 0 Å². The smallest absolute Gasteiger partial charge is 0.329 e. The summed E-state index contributed by atoms with van der Waals surface area (Å²) in [6.45, 7) is 9.73. The highest BCUT2D eigenvalue weighted by Gasteiger charge is 2.58. The number of para-hydroxylation sites is 4. The molecule has 6 aliphatic rings. The van der Waals surface area contributed by atoms with Gasteiger partial charge in [-0.15, -0.1) is 0 Å². The van der Waals surface area contributed by atoms with E-state index in [4.69, 9.17) is 4.74 Å². The maximum Gasteiger partial charge on any atom is 0.329 e. The Kier molecular flexibility index (Phi) is 4.34. The zero-order chi connectivity index (χ0) is 31.8. The average molecular weight is 617 g/mol. The summed E-state index contributed by atoms with van der Waals surface area (Å²) in [7, 11) is 0. The Hall–Kier alpha value is -5.22. The summed E-state index contributed by atoms with van der Waals surface area (Å²) in [6, 6.07) is 43.7. The molecule has 12 rings (SSSR count). The van der Waals surface area contributed by atoms with Gasteiger partial charge in [0.1, 0.15) is 11.9 Å². The van der Waals surface area contributed by atoms with Crippen LogP contribution in [0, 0.1) is 0 Å². The highest BCUT2D eigenvalue weighted by atomic mass is 16.5. The van der Waals surface area contributed by atoms with Crippen molar-refractivity contribution in [2.24, 2.45) is 0 Å². The molecule has 3 nitrogen and oxygen atoms in total. The van der Waals surface area contributed by atoms with Crippen molar-refractivity contribution in [1.29, 1.82) is 0 Å². The summed E-state index contributed by atoms with van der Waals surface area (Å²) in [5.41, 5.74) is 21.6. The first-order chi connectivity index (χ1) is 23.4. The largest absolute Gasteiger partial charge is 0.483 e. The van der Waals surface area contributed by atoms with Crippen molar-refractivity contribution in [1.82, 2.24) is 0 Å². The van der Waals surface area contributed by atoms with Crippen LogP contribution in [0.4, 0.5) is 22.7 Å². The number of hydrogen-bond acceptors (Lipinski definition) is 3. The molecule has 2 unspecified atom stereocenters. The molecule has 1 aliphatic carbocycles. The molecule has 6 aromatic rings. The molecular formula is C44H33BN2O. The number of ether oxygens (including phenoxy) is 1. The summed E-state index contributed by atoms with van der Waals surface area (Å²) < 4.78 is 6.89. The van der Waals surface area contributed by atoms with Gasteiger partial charge in [0.25, 0.3) is 0 Å². The first-order valence-electron chi connectivity index (χ1n) is 17.4. The molecule has 0 amide bonds. The lowest BCUT2D eigenvalue weighted by Gasteiger charge is -2.51. The molecule has 0 spiro atoms. The van der Waals surface area contributed by atoms with Gasteiger partial charge >= 0.3 is 6.85 Å². The van der Waals surface area contributed by atoms with E-state index in [9.17, 15) is 0 Å². The molecule has 2 atom stereocenters. The van der Waals surface area contributed by atoms with Crippen LogP contribution in [-0.4, -0.2) is 6.85 Å². The summed E-state index contributed by atoms with van der Waals surface area (Å²) >= 11 is 0. The Bertz CT molecular complexity index is 2490. The van der Waals surface area contributed by atoms with Crippen LogP contribution in [0.25, 0.3) is 22.3 Å². The fraction of sp³-hybridized carbons (Fsp3) is 0.182. The monoisotopic (exact) mass is 616 g/mol. The van der Waals surface area contributed by atoms with E-state index in [0.29, 0.717) is 0 Å². The zero-order valence-corrected chi connectivity index (χ0v) is 27.5. The Labute approximate surface area is 281 Å². The Balaban J connectivity index is 1.28. The normalized spacial score (nSPS) is 20.9. The third-order valence-corrected chi connectivity index (χ3v) is 12.7. The van der Waals surface area contributed by atoms with Gasteiger partial charge < -0.3 is 14.4 Å². The maximum atomic E-state index is 6.89. The van der Waals surface area contributed by atoms with Gasteiger partial charge in [0.2, 0.25) is 0 Å². The van der Waals surface area contributed by atoms with E-state index in [2.05, 4.69) is 153 Å². The molecule has 48 heavy (non-hydrogen) atoms. The molecule has 5 aliphatic heterocycles. The van der Waals surface area contributed by atoms with E-state index in [1.54, 1.807) is 0 Å². The van der Waals surface area contributed by atoms with Crippen LogP contribution in [-0.2, 0) is 10.8 Å². The highest BCUT2D eigenvalue weighted by Crippen LogP contribution is 2.64. The molecule has 6 aromatic carbocycles. The highest BCUT2D eigenvalue weighted by molar-refractivity contribution is 6.93. The Morgan fingerprint density at radius 3 is 2.21 bits per heavy atom. The summed E-state index contributed by atoms with van der Waals surface area (Å²) in [6.07, 6.45) is -0.0388. The van der Waals surface area contributed by atoms with Crippen LogP contribution in [0.3, 0.4) is 0 Å². The molecule has 0 saturated carbocycles. The number of rotatable bonds is 0. The molecule has 0 bridgehead atoms. The molecule has 228 valence electrons. The van der Waals surface area contributed by atoms with E-state index in [0.717, 1.165) is 5.75 Å². The summed E-state index contributed by atoms with van der Waals surface area (Å²) in [5.74, 6) is 1.02. The number of fused-ring (bicyclic) bond motifs is 15. The molecule has 0 saturated heterocycles. The predicted octanol–water partition coefficient (Wildman–Crippen LogP) is 9.20. The second-order valence-corrected chi connectivity index (χ2v) is 15.6. The Morgan fingerprint density at radius 1 is 0.604 bits per heavy atom. The van der Waals surface area contributed by atoms with E-state index in [-0.39, 0.29) is 29.8 Å². The van der Waals surface area contributed by atoms with Crippen LogP contribution >= 0.6 is 0 Å². The van der Waals surface area contributed by atoms with Gasteiger partial charge in [-0.05, 0) is 68.1 Å². The van der Waals surface area contributed by atoms with Crippen LogP contribution in [0.1, 0.15) is 73.2 Å². The van der Waals surface area contributed by atoms with E-state index < -0.39 is 0 Å². The molecule has 0 radical (unpaired) electrons. The van der Waals surface area contributed by atoms with Gasteiger partial charge in [-0.25, -0.2) is 0 Å². The number of nitrogens with zero attached hydrogens (tertiary/aromatic N) is 2. The summed E-state index contributed by atoms with van der Waals surface area (Å²) in [4.78, 5) is 5.41. The minimum Gasteiger partial charge on any atom is -0.483 e. The van der Waals surface area contributed by atoms with E-state index >= 15 is 0 Å². The first-order valence-corrected chi connectivity index (χ1v) is 17.4. The lowest BCUT2D eigenvalue weighted by Crippen LogP contribution is -2.64. The molecular weight excluding hydrogens is 583 g/mol. The molecule has 5 heterocycles. The zero-order valence-electron chi connectivity index (χ0n) is 27.5. The van der Waals surface area contributed by atoms with Crippen molar-refractivity contribution in [3.05, 3.63) is 149 Å². The summed E-state index contributed by atoms with van der Waals surface area (Å²) in [5, 5.41) is 0. The first kappa shape index (κ1) is 25.8. The van der Waals surface area contributed by atoms with Crippen LogP contribution in [0.5, 0.6) is 5.75 Å². The standard InChI is InChI=1S/C44H33BN2O/c1-43(2)30-18-8-9-21-33(30)46-34-23-28-24-13-5-7-17-29(24)44(3,4)37(28)36-26-15-11-16-27-39(26)47(40-25-14-6-10-22-35(25)48-42(27)40)45(38(34)36)32-20-12-19-31(43)41(32)46/h5-23,40,42H,1-4H3. The fourth-order valence-corrected chi connectivity index (χ4v) is 10.8. The second-order valence-electron chi connectivity index (χ2n) is 15.6. The van der Waals surface area contributed by atoms with Crippen LogP contribution in [0.15, 0.2) is 115 Å². The van der Waals surface area contributed by atoms with Crippen LogP contribution < -0.4 is 25.4 Å². The lowest BCUT2D eigenvalue weighted by molar-refractivity contribution is 0.224. The second kappa shape index (κ2) is 8.07. The van der Waals surface area contributed by atoms with Gasteiger partial charge in [-0.3, -0.25) is 0 Å². The third-order valence-electron chi connectivity index (χ3n) is 12.7. The Morgan fingerprint density at radius 2 is 1.31 bits per heavy atom. The van der Waals surface area contributed by atoms with E-state index in [1.165, 1.54) is 89.3 Å². The number of anilines is 4. The minimum atomic E-state index is -0.146.